The van der Waals surface area contributed by atoms with Gasteiger partial charge in [-0.1, -0.05) is 0 Å². The Balaban J connectivity index is 1.85. The summed E-state index contributed by atoms with van der Waals surface area (Å²) in [6.07, 6.45) is 2.44. The van der Waals surface area contributed by atoms with Gasteiger partial charge in [-0.2, -0.15) is 0 Å². The number of nitrogens with zero attached hydrogens (tertiary/aromatic N) is 1. The lowest BCUT2D eigenvalue weighted by Gasteiger charge is -2.32. The summed E-state index contributed by atoms with van der Waals surface area (Å²) in [5, 5.41) is 1.35. The van der Waals surface area contributed by atoms with Gasteiger partial charge in [-0.15, -0.1) is 0 Å². The molecular weight excluding hydrogens is 262 g/mol. The van der Waals surface area contributed by atoms with Crippen molar-refractivity contribution in [1.29, 1.82) is 0 Å². The molecule has 3 N–H and O–H groups in total. The lowest BCUT2D eigenvalue weighted by Crippen LogP contribution is -2.36. The van der Waals surface area contributed by atoms with Crippen molar-refractivity contribution in [2.45, 2.75) is 25.7 Å². The molecule has 0 unspecified atom stereocenters. The van der Waals surface area contributed by atoms with Crippen LogP contribution in [0.5, 0.6) is 5.75 Å². The third-order valence-corrected chi connectivity index (χ3v) is 4.68. The molecule has 0 atom stereocenters. The van der Waals surface area contributed by atoms with Gasteiger partial charge in [0.05, 0.1) is 7.11 Å². The largest absolute Gasteiger partial charge is 0.497 e. The van der Waals surface area contributed by atoms with Crippen LogP contribution < -0.4 is 10.5 Å². The van der Waals surface area contributed by atoms with E-state index >= 15 is 0 Å². The topological polar surface area (TPSA) is 54.3 Å². The van der Waals surface area contributed by atoms with Gasteiger partial charge in [-0.05, 0) is 56.5 Å². The molecule has 1 aromatic heterocycles. The van der Waals surface area contributed by atoms with E-state index in [0.717, 1.165) is 31.9 Å². The third kappa shape index (κ3) is 2.78. The Morgan fingerprint density at radius 3 is 2.76 bits per heavy atom. The fraction of sp³-hybridized carbons (Fsp3) is 0.529. The number of methoxy groups -OCH3 is 1. The van der Waals surface area contributed by atoms with E-state index in [0.29, 0.717) is 5.92 Å². The molecule has 0 spiro atoms. The van der Waals surface area contributed by atoms with Gasteiger partial charge in [0.25, 0.3) is 0 Å². The number of nitrogens with one attached hydrogen (secondary N) is 1. The van der Waals surface area contributed by atoms with E-state index in [2.05, 4.69) is 35.0 Å². The van der Waals surface area contributed by atoms with Crippen LogP contribution in [0.3, 0.4) is 0 Å². The standard InChI is InChI=1S/C17H25N3O/c1-12-17(13-5-8-20(9-6-13)10-7-18)15-4-3-14(21-2)11-16(15)19-12/h3-4,11,13,19H,5-10,18H2,1-2H3. The number of rotatable bonds is 4. The van der Waals surface area contributed by atoms with Crippen molar-refractivity contribution in [1.82, 2.24) is 9.88 Å². The Kier molecular flexibility index (Phi) is 4.17. The summed E-state index contributed by atoms with van der Waals surface area (Å²) in [5.41, 5.74) is 9.64. The number of aromatic amines is 1. The maximum atomic E-state index is 5.66. The van der Waals surface area contributed by atoms with Crippen molar-refractivity contribution >= 4 is 10.9 Å². The predicted molar refractivity (Wildman–Crippen MR) is 87.1 cm³/mol. The Morgan fingerprint density at radius 1 is 1.33 bits per heavy atom. The number of likely N-dealkylation sites (tertiary alicyclic amines) is 1. The van der Waals surface area contributed by atoms with E-state index < -0.39 is 0 Å². The molecule has 4 heteroatoms. The number of hydrogen-bond acceptors (Lipinski definition) is 3. The quantitative estimate of drug-likeness (QED) is 0.909. The van der Waals surface area contributed by atoms with Gasteiger partial charge in [0.2, 0.25) is 0 Å². The average molecular weight is 287 g/mol. The van der Waals surface area contributed by atoms with Crippen LogP contribution in [0.25, 0.3) is 10.9 Å². The van der Waals surface area contributed by atoms with Gasteiger partial charge in [-0.3, -0.25) is 0 Å². The Morgan fingerprint density at radius 2 is 2.10 bits per heavy atom. The Labute approximate surface area is 126 Å². The number of ether oxygens (including phenoxy) is 1. The minimum absolute atomic E-state index is 0.654. The van der Waals surface area contributed by atoms with E-state index in [1.165, 1.54) is 35.0 Å². The number of fused-ring (bicyclic) bond motifs is 1. The van der Waals surface area contributed by atoms with E-state index in [1.54, 1.807) is 7.11 Å². The molecule has 1 aromatic carbocycles. The van der Waals surface area contributed by atoms with Crippen LogP contribution in [-0.2, 0) is 0 Å². The molecule has 4 nitrogen and oxygen atoms in total. The number of hydrogen-bond donors (Lipinski definition) is 2. The first-order valence-electron chi connectivity index (χ1n) is 7.81. The summed E-state index contributed by atoms with van der Waals surface area (Å²) in [6, 6.07) is 6.34. The first kappa shape index (κ1) is 14.4. The zero-order chi connectivity index (χ0) is 14.8. The predicted octanol–water partition coefficient (Wildman–Crippen LogP) is 2.62. The minimum Gasteiger partial charge on any atom is -0.497 e. The molecule has 0 amide bonds. The molecule has 114 valence electrons. The average Bonchev–Trinajstić information content (AvgIpc) is 2.83. The summed E-state index contributed by atoms with van der Waals surface area (Å²) in [5.74, 6) is 1.56. The molecule has 2 aromatic rings. The molecule has 0 aliphatic carbocycles. The molecule has 1 aliphatic rings. The molecule has 1 aliphatic heterocycles. The summed E-state index contributed by atoms with van der Waals surface area (Å²) in [6.45, 7) is 6.29. The highest BCUT2D eigenvalue weighted by atomic mass is 16.5. The summed E-state index contributed by atoms with van der Waals surface area (Å²) < 4.78 is 5.32. The number of aromatic nitrogens is 1. The fourth-order valence-electron chi connectivity index (χ4n) is 3.61. The van der Waals surface area contributed by atoms with Crippen molar-refractivity contribution in [2.75, 3.05) is 33.3 Å². The van der Waals surface area contributed by atoms with Crippen LogP contribution in [0.1, 0.15) is 30.0 Å². The number of aryl methyl sites for hydroxylation is 1. The lowest BCUT2D eigenvalue weighted by atomic mass is 9.87. The zero-order valence-corrected chi connectivity index (χ0v) is 13.0. The zero-order valence-electron chi connectivity index (χ0n) is 13.0. The van der Waals surface area contributed by atoms with Crippen LogP contribution in [0.4, 0.5) is 0 Å². The Bertz CT molecular complexity index is 612. The molecule has 0 radical (unpaired) electrons. The van der Waals surface area contributed by atoms with Crippen LogP contribution >= 0.6 is 0 Å². The summed E-state index contributed by atoms with van der Waals surface area (Å²) >= 11 is 0. The highest BCUT2D eigenvalue weighted by Gasteiger charge is 2.24. The molecule has 0 bridgehead atoms. The highest BCUT2D eigenvalue weighted by Crippen LogP contribution is 2.36. The second-order valence-electron chi connectivity index (χ2n) is 5.98. The van der Waals surface area contributed by atoms with Crippen molar-refractivity contribution in [2.24, 2.45) is 5.73 Å². The second kappa shape index (κ2) is 6.08. The third-order valence-electron chi connectivity index (χ3n) is 4.68. The number of benzene rings is 1. The number of nitrogens with two attached hydrogens (primary N) is 1. The molecule has 2 heterocycles. The summed E-state index contributed by atoms with van der Waals surface area (Å²) in [7, 11) is 1.71. The van der Waals surface area contributed by atoms with Crippen LogP contribution in [0.15, 0.2) is 18.2 Å². The first-order chi connectivity index (χ1) is 10.2. The fourth-order valence-corrected chi connectivity index (χ4v) is 3.61. The van der Waals surface area contributed by atoms with Gasteiger partial charge in [0.15, 0.2) is 0 Å². The second-order valence-corrected chi connectivity index (χ2v) is 5.98. The van der Waals surface area contributed by atoms with Crippen LogP contribution in [-0.4, -0.2) is 43.2 Å². The number of H-pyrrole nitrogens is 1. The molecule has 3 rings (SSSR count). The van der Waals surface area contributed by atoms with E-state index in [4.69, 9.17) is 10.5 Å². The highest BCUT2D eigenvalue weighted by molar-refractivity contribution is 5.86. The van der Waals surface area contributed by atoms with Gasteiger partial charge in [-0.25, -0.2) is 0 Å². The maximum absolute atomic E-state index is 5.66. The van der Waals surface area contributed by atoms with Crippen molar-refractivity contribution in [3.63, 3.8) is 0 Å². The van der Waals surface area contributed by atoms with Crippen LogP contribution in [0, 0.1) is 6.92 Å². The van der Waals surface area contributed by atoms with Crippen molar-refractivity contribution < 1.29 is 4.74 Å². The normalized spacial score (nSPS) is 17.5. The van der Waals surface area contributed by atoms with Gasteiger partial charge >= 0.3 is 0 Å². The van der Waals surface area contributed by atoms with E-state index in [-0.39, 0.29) is 0 Å². The van der Waals surface area contributed by atoms with Gasteiger partial charge in [0.1, 0.15) is 5.75 Å². The molecule has 1 fully saturated rings. The van der Waals surface area contributed by atoms with Crippen molar-refractivity contribution in [3.05, 3.63) is 29.5 Å². The molecular formula is C17H25N3O. The van der Waals surface area contributed by atoms with Crippen molar-refractivity contribution in [3.8, 4) is 5.75 Å². The Hall–Kier alpha value is -1.52. The van der Waals surface area contributed by atoms with Crippen LogP contribution in [0.2, 0.25) is 0 Å². The SMILES string of the molecule is COc1ccc2c(C3CCN(CCN)CC3)c(C)[nH]c2c1. The molecule has 21 heavy (non-hydrogen) atoms. The van der Waals surface area contributed by atoms with E-state index in [1.807, 2.05) is 0 Å². The molecule has 1 saturated heterocycles. The maximum Gasteiger partial charge on any atom is 0.120 e. The molecule has 0 saturated carbocycles. The van der Waals surface area contributed by atoms with Gasteiger partial charge in [0, 0.05) is 35.8 Å². The minimum atomic E-state index is 0.654. The first-order valence-corrected chi connectivity index (χ1v) is 7.81. The monoisotopic (exact) mass is 287 g/mol. The summed E-state index contributed by atoms with van der Waals surface area (Å²) in [4.78, 5) is 6.00. The smallest absolute Gasteiger partial charge is 0.120 e. The lowest BCUT2D eigenvalue weighted by molar-refractivity contribution is 0.218. The van der Waals surface area contributed by atoms with Gasteiger partial charge < -0.3 is 20.4 Å². The number of piperidine rings is 1. The van der Waals surface area contributed by atoms with E-state index in [9.17, 15) is 0 Å².